The zero-order valence-corrected chi connectivity index (χ0v) is 9.73. The van der Waals surface area contributed by atoms with Gasteiger partial charge in [-0.2, -0.15) is 5.26 Å². The van der Waals surface area contributed by atoms with Crippen LogP contribution in [0.1, 0.15) is 34.3 Å². The van der Waals surface area contributed by atoms with Crippen LogP contribution in [0.3, 0.4) is 0 Å². The molecule has 0 aromatic carbocycles. The number of carbonyl (C=O) groups is 1. The Morgan fingerprint density at radius 2 is 2.40 bits per heavy atom. The minimum Gasteiger partial charge on any atom is -0.348 e. The molecule has 1 heterocycles. The summed E-state index contributed by atoms with van der Waals surface area (Å²) in [5, 5.41) is 11.4. The van der Waals surface area contributed by atoms with Crippen LogP contribution in [0.4, 0.5) is 0 Å². The van der Waals surface area contributed by atoms with Crippen molar-refractivity contribution < 1.29 is 4.79 Å². The summed E-state index contributed by atoms with van der Waals surface area (Å²) in [7, 11) is 0. The van der Waals surface area contributed by atoms with E-state index in [1.54, 1.807) is 0 Å². The van der Waals surface area contributed by atoms with E-state index >= 15 is 0 Å². The fraction of sp³-hybridized carbons (Fsp3) is 0.455. The van der Waals surface area contributed by atoms with Crippen LogP contribution in [0.15, 0.2) is 12.1 Å². The van der Waals surface area contributed by atoms with Gasteiger partial charge in [0.25, 0.3) is 5.91 Å². The molecule has 1 aromatic rings. The highest BCUT2D eigenvalue weighted by molar-refractivity contribution is 7.13. The van der Waals surface area contributed by atoms with Crippen LogP contribution in [-0.2, 0) is 0 Å². The molecule has 1 rings (SSSR count). The highest BCUT2D eigenvalue weighted by Crippen LogP contribution is 2.15. The molecule has 1 unspecified atom stereocenters. The number of hydrogen-bond acceptors (Lipinski definition) is 3. The highest BCUT2D eigenvalue weighted by Gasteiger charge is 2.12. The average Bonchev–Trinajstić information content (AvgIpc) is 2.64. The lowest BCUT2D eigenvalue weighted by Crippen LogP contribution is -2.33. The summed E-state index contributed by atoms with van der Waals surface area (Å²) in [5.74, 6) is -0.0739. The molecule has 15 heavy (non-hydrogen) atoms. The highest BCUT2D eigenvalue weighted by atomic mass is 32.1. The van der Waals surface area contributed by atoms with E-state index in [4.69, 9.17) is 5.26 Å². The average molecular weight is 222 g/mol. The molecule has 0 bridgehead atoms. The molecular formula is C11H14N2OS. The van der Waals surface area contributed by atoms with Gasteiger partial charge >= 0.3 is 0 Å². The molecule has 1 N–H and O–H groups in total. The Bertz CT molecular complexity index is 378. The van der Waals surface area contributed by atoms with E-state index in [0.29, 0.717) is 11.3 Å². The third-order valence-electron chi connectivity index (χ3n) is 2.13. The lowest BCUT2D eigenvalue weighted by molar-refractivity contribution is 0.0941. The Morgan fingerprint density at radius 1 is 1.67 bits per heavy atom. The van der Waals surface area contributed by atoms with Crippen LogP contribution in [0.25, 0.3) is 0 Å². The largest absolute Gasteiger partial charge is 0.348 e. The molecular weight excluding hydrogens is 208 g/mol. The predicted molar refractivity (Wildman–Crippen MR) is 60.8 cm³/mol. The number of hydrogen-bond donors (Lipinski definition) is 1. The van der Waals surface area contributed by atoms with Crippen LogP contribution in [0.2, 0.25) is 0 Å². The summed E-state index contributed by atoms with van der Waals surface area (Å²) < 4.78 is 0. The van der Waals surface area contributed by atoms with Gasteiger partial charge in [-0.25, -0.2) is 0 Å². The summed E-state index contributed by atoms with van der Waals surface area (Å²) in [6.45, 7) is 3.93. The molecule has 1 amide bonds. The zero-order chi connectivity index (χ0) is 11.3. The zero-order valence-electron chi connectivity index (χ0n) is 8.91. The molecule has 3 nitrogen and oxygen atoms in total. The van der Waals surface area contributed by atoms with E-state index < -0.39 is 0 Å². The smallest absolute Gasteiger partial charge is 0.261 e. The SMILES string of the molecule is CCC(CC#N)NC(=O)c1ccc(C)s1. The normalized spacial score (nSPS) is 11.8. The maximum absolute atomic E-state index is 11.7. The molecule has 1 atom stereocenters. The Morgan fingerprint density at radius 3 is 2.87 bits per heavy atom. The second-order valence-electron chi connectivity index (χ2n) is 3.35. The predicted octanol–water partition coefficient (Wildman–Crippen LogP) is 2.48. The van der Waals surface area contributed by atoms with Gasteiger partial charge in [0.2, 0.25) is 0 Å². The van der Waals surface area contributed by atoms with Crippen LogP contribution < -0.4 is 5.32 Å². The number of amides is 1. The van der Waals surface area contributed by atoms with Crippen molar-refractivity contribution in [3.05, 3.63) is 21.9 Å². The molecule has 0 saturated carbocycles. The summed E-state index contributed by atoms with van der Waals surface area (Å²) >= 11 is 1.47. The fourth-order valence-corrected chi connectivity index (χ4v) is 1.99. The summed E-state index contributed by atoms with van der Waals surface area (Å²) in [6.07, 6.45) is 1.15. The third kappa shape index (κ3) is 3.37. The standard InChI is InChI=1S/C11H14N2OS/c1-3-9(6-7-12)13-11(14)10-5-4-8(2)15-10/h4-5,9H,3,6H2,1-2H3,(H,13,14). The first-order chi connectivity index (χ1) is 7.17. The van der Waals surface area contributed by atoms with Gasteiger partial charge in [-0.1, -0.05) is 6.92 Å². The van der Waals surface area contributed by atoms with Crippen molar-refractivity contribution in [2.24, 2.45) is 0 Å². The lowest BCUT2D eigenvalue weighted by Gasteiger charge is -2.12. The van der Waals surface area contributed by atoms with Gasteiger partial charge < -0.3 is 5.32 Å². The van der Waals surface area contributed by atoms with E-state index in [0.717, 1.165) is 11.3 Å². The minimum absolute atomic E-state index is 0.0371. The van der Waals surface area contributed by atoms with Crippen molar-refractivity contribution in [1.82, 2.24) is 5.32 Å². The van der Waals surface area contributed by atoms with Gasteiger partial charge in [0, 0.05) is 10.9 Å². The van der Waals surface area contributed by atoms with Crippen LogP contribution in [0.5, 0.6) is 0 Å². The van der Waals surface area contributed by atoms with Crippen LogP contribution in [-0.4, -0.2) is 11.9 Å². The molecule has 0 aliphatic heterocycles. The molecule has 0 aliphatic carbocycles. The van der Waals surface area contributed by atoms with Crippen molar-refractivity contribution in [1.29, 1.82) is 5.26 Å². The Labute approximate surface area is 93.7 Å². The summed E-state index contributed by atoms with van der Waals surface area (Å²) in [5.41, 5.74) is 0. The Balaban J connectivity index is 2.59. The monoisotopic (exact) mass is 222 g/mol. The third-order valence-corrected chi connectivity index (χ3v) is 3.13. The molecule has 0 saturated heterocycles. The quantitative estimate of drug-likeness (QED) is 0.850. The van der Waals surface area contributed by atoms with E-state index in [2.05, 4.69) is 11.4 Å². The van der Waals surface area contributed by atoms with Crippen LogP contribution in [0, 0.1) is 18.3 Å². The number of nitrogens with one attached hydrogen (secondary N) is 1. The number of thiophene rings is 1. The van der Waals surface area contributed by atoms with Gasteiger partial charge in [0.15, 0.2) is 0 Å². The molecule has 80 valence electrons. The van der Waals surface area contributed by atoms with Gasteiger partial charge in [-0.05, 0) is 25.5 Å². The molecule has 0 aliphatic rings. The first-order valence-electron chi connectivity index (χ1n) is 4.91. The molecule has 0 radical (unpaired) electrons. The van der Waals surface area contributed by atoms with Gasteiger partial charge in [-0.15, -0.1) is 11.3 Å². The number of carbonyl (C=O) groups excluding carboxylic acids is 1. The van der Waals surface area contributed by atoms with Crippen molar-refractivity contribution in [3.8, 4) is 6.07 Å². The van der Waals surface area contributed by atoms with Crippen molar-refractivity contribution in [3.63, 3.8) is 0 Å². The van der Waals surface area contributed by atoms with Gasteiger partial charge in [-0.3, -0.25) is 4.79 Å². The summed E-state index contributed by atoms with van der Waals surface area (Å²) in [4.78, 5) is 13.5. The van der Waals surface area contributed by atoms with E-state index in [9.17, 15) is 4.79 Å². The molecule has 4 heteroatoms. The topological polar surface area (TPSA) is 52.9 Å². The first-order valence-corrected chi connectivity index (χ1v) is 5.73. The first kappa shape index (κ1) is 11.7. The molecule has 1 aromatic heterocycles. The second-order valence-corrected chi connectivity index (χ2v) is 4.64. The lowest BCUT2D eigenvalue weighted by atomic mass is 10.1. The molecule has 0 spiro atoms. The number of aryl methyl sites for hydroxylation is 1. The number of rotatable bonds is 4. The summed E-state index contributed by atoms with van der Waals surface area (Å²) in [6, 6.07) is 5.77. The number of nitrogens with zero attached hydrogens (tertiary/aromatic N) is 1. The van der Waals surface area contributed by atoms with Crippen molar-refractivity contribution >= 4 is 17.2 Å². The second kappa shape index (κ2) is 5.52. The maximum Gasteiger partial charge on any atom is 0.261 e. The van der Waals surface area contributed by atoms with Crippen LogP contribution >= 0.6 is 11.3 Å². The molecule has 0 fully saturated rings. The van der Waals surface area contributed by atoms with Crippen molar-refractivity contribution in [2.45, 2.75) is 32.7 Å². The Hall–Kier alpha value is -1.34. The van der Waals surface area contributed by atoms with E-state index in [-0.39, 0.29) is 11.9 Å². The van der Waals surface area contributed by atoms with E-state index in [1.165, 1.54) is 11.3 Å². The maximum atomic E-state index is 11.7. The van der Waals surface area contributed by atoms with E-state index in [1.807, 2.05) is 26.0 Å². The van der Waals surface area contributed by atoms with Gasteiger partial charge in [0.1, 0.15) is 0 Å². The number of nitriles is 1. The van der Waals surface area contributed by atoms with Gasteiger partial charge in [0.05, 0.1) is 17.4 Å². The Kier molecular flexibility index (Phi) is 4.32. The fourth-order valence-electron chi connectivity index (χ4n) is 1.22. The van der Waals surface area contributed by atoms with Crippen molar-refractivity contribution in [2.75, 3.05) is 0 Å². The minimum atomic E-state index is -0.0739.